The highest BCUT2D eigenvalue weighted by Crippen LogP contribution is 2.12. The number of carbonyl (C=O) groups is 2. The van der Waals surface area contributed by atoms with Crippen molar-refractivity contribution >= 4 is 11.8 Å². The third kappa shape index (κ3) is 6.80. The summed E-state index contributed by atoms with van der Waals surface area (Å²) in [5.74, 6) is -1.20. The van der Waals surface area contributed by atoms with Gasteiger partial charge in [-0.05, 0) is 18.1 Å². The van der Waals surface area contributed by atoms with Gasteiger partial charge in [-0.2, -0.15) is 0 Å². The summed E-state index contributed by atoms with van der Waals surface area (Å²) < 4.78 is 18.9. The van der Waals surface area contributed by atoms with E-state index in [1.54, 1.807) is 25.1 Å². The fourth-order valence-corrected chi connectivity index (χ4v) is 2.67. The molecular weight excluding hydrogens is 325 g/mol. The second-order valence-electron chi connectivity index (χ2n) is 6.22. The lowest BCUT2D eigenvalue weighted by Crippen LogP contribution is -2.44. The molecule has 0 aliphatic carbocycles. The Balaban J connectivity index is 1.63. The molecule has 0 bridgehead atoms. The molecule has 138 valence electrons. The molecule has 2 rings (SSSR count). The number of ether oxygens (including phenoxy) is 1. The van der Waals surface area contributed by atoms with Crippen molar-refractivity contribution in [2.24, 2.45) is 5.92 Å². The molecule has 6 nitrogen and oxygen atoms in total. The van der Waals surface area contributed by atoms with Crippen molar-refractivity contribution in [1.82, 2.24) is 15.5 Å². The minimum atomic E-state index is -0.405. The average molecular weight is 351 g/mol. The Morgan fingerprint density at radius 2 is 1.96 bits per heavy atom. The van der Waals surface area contributed by atoms with Gasteiger partial charge in [-0.3, -0.25) is 14.5 Å². The van der Waals surface area contributed by atoms with Gasteiger partial charge in [0.1, 0.15) is 5.82 Å². The maximum atomic E-state index is 13.6. The summed E-state index contributed by atoms with van der Waals surface area (Å²) in [6, 6.07) is 6.40. The lowest BCUT2D eigenvalue weighted by molar-refractivity contribution is -0.128. The van der Waals surface area contributed by atoms with Crippen LogP contribution in [-0.2, 0) is 20.7 Å². The van der Waals surface area contributed by atoms with E-state index in [0.29, 0.717) is 18.5 Å². The van der Waals surface area contributed by atoms with Crippen LogP contribution < -0.4 is 10.6 Å². The molecule has 1 fully saturated rings. The van der Waals surface area contributed by atoms with Crippen molar-refractivity contribution in [1.29, 1.82) is 0 Å². The highest BCUT2D eigenvalue weighted by Gasteiger charge is 2.16. The van der Waals surface area contributed by atoms with Gasteiger partial charge in [-0.15, -0.1) is 0 Å². The maximum Gasteiger partial charge on any atom is 0.239 e. The fraction of sp³-hybridized carbons (Fsp3) is 0.556. The quantitative estimate of drug-likeness (QED) is 0.718. The maximum absolute atomic E-state index is 13.6. The molecule has 0 saturated carbocycles. The van der Waals surface area contributed by atoms with Gasteiger partial charge in [0.25, 0.3) is 0 Å². The van der Waals surface area contributed by atoms with E-state index in [9.17, 15) is 14.0 Å². The smallest absolute Gasteiger partial charge is 0.239 e. The molecule has 1 aromatic carbocycles. The summed E-state index contributed by atoms with van der Waals surface area (Å²) in [4.78, 5) is 26.1. The van der Waals surface area contributed by atoms with E-state index in [2.05, 4.69) is 15.5 Å². The Kier molecular flexibility index (Phi) is 7.81. The number of amides is 2. The van der Waals surface area contributed by atoms with E-state index in [4.69, 9.17) is 4.74 Å². The van der Waals surface area contributed by atoms with E-state index in [0.717, 1.165) is 32.8 Å². The normalized spacial score (nSPS) is 16.2. The SMILES string of the molecule is CC(Cc1ccccc1F)C(=O)NCC(=O)NCCN1CCOCC1. The first kappa shape index (κ1) is 19.3. The lowest BCUT2D eigenvalue weighted by Gasteiger charge is -2.26. The molecule has 1 atom stereocenters. The Morgan fingerprint density at radius 1 is 1.24 bits per heavy atom. The molecule has 1 aliphatic rings. The third-order valence-corrected chi connectivity index (χ3v) is 4.21. The predicted molar refractivity (Wildman–Crippen MR) is 92.5 cm³/mol. The molecule has 1 unspecified atom stereocenters. The first-order chi connectivity index (χ1) is 12.1. The number of halogens is 1. The molecule has 2 N–H and O–H groups in total. The zero-order chi connectivity index (χ0) is 18.1. The highest BCUT2D eigenvalue weighted by molar-refractivity contribution is 5.85. The molecular formula is C18H26FN3O3. The monoisotopic (exact) mass is 351 g/mol. The Morgan fingerprint density at radius 3 is 2.68 bits per heavy atom. The van der Waals surface area contributed by atoms with Crippen LogP contribution in [0.4, 0.5) is 4.39 Å². The summed E-state index contributed by atoms with van der Waals surface area (Å²) in [6.07, 6.45) is 0.303. The summed E-state index contributed by atoms with van der Waals surface area (Å²) in [7, 11) is 0. The number of nitrogens with zero attached hydrogens (tertiary/aromatic N) is 1. The van der Waals surface area contributed by atoms with Crippen molar-refractivity contribution in [2.45, 2.75) is 13.3 Å². The second-order valence-corrected chi connectivity index (χ2v) is 6.22. The Hall–Kier alpha value is -1.99. The molecule has 0 radical (unpaired) electrons. The number of carbonyl (C=O) groups excluding carboxylic acids is 2. The first-order valence-corrected chi connectivity index (χ1v) is 8.64. The molecule has 1 aromatic rings. The van der Waals surface area contributed by atoms with Crippen LogP contribution in [0.1, 0.15) is 12.5 Å². The van der Waals surface area contributed by atoms with E-state index < -0.39 is 5.92 Å². The zero-order valence-electron chi connectivity index (χ0n) is 14.6. The van der Waals surface area contributed by atoms with Crippen molar-refractivity contribution in [3.63, 3.8) is 0 Å². The molecule has 0 aromatic heterocycles. The minimum Gasteiger partial charge on any atom is -0.379 e. The van der Waals surface area contributed by atoms with Crippen molar-refractivity contribution in [3.8, 4) is 0 Å². The van der Waals surface area contributed by atoms with Crippen LogP contribution >= 0.6 is 0 Å². The van der Waals surface area contributed by atoms with E-state index >= 15 is 0 Å². The predicted octanol–water partition coefficient (Wildman–Crippen LogP) is 0.569. The van der Waals surface area contributed by atoms with Gasteiger partial charge in [0, 0.05) is 32.1 Å². The number of morpholine rings is 1. The van der Waals surface area contributed by atoms with Gasteiger partial charge in [0.05, 0.1) is 19.8 Å². The van der Waals surface area contributed by atoms with Crippen LogP contribution in [0.2, 0.25) is 0 Å². The van der Waals surface area contributed by atoms with Crippen molar-refractivity contribution < 1.29 is 18.7 Å². The molecule has 7 heteroatoms. The summed E-state index contributed by atoms with van der Waals surface area (Å²) >= 11 is 0. The van der Waals surface area contributed by atoms with Gasteiger partial charge >= 0.3 is 0 Å². The second kappa shape index (κ2) is 10.1. The lowest BCUT2D eigenvalue weighted by atomic mass is 10.00. The standard InChI is InChI=1S/C18H26FN3O3/c1-14(12-15-4-2-3-5-16(15)19)18(24)21-13-17(23)20-6-7-22-8-10-25-11-9-22/h2-5,14H,6-13H2,1H3,(H,20,23)(H,21,24). The van der Waals surface area contributed by atoms with Crippen LogP contribution in [0, 0.1) is 11.7 Å². The number of rotatable bonds is 8. The molecule has 2 amide bonds. The highest BCUT2D eigenvalue weighted by atomic mass is 19.1. The first-order valence-electron chi connectivity index (χ1n) is 8.64. The summed E-state index contributed by atoms with van der Waals surface area (Å²) in [6.45, 7) is 6.17. The third-order valence-electron chi connectivity index (χ3n) is 4.21. The molecule has 1 saturated heterocycles. The summed E-state index contributed by atoms with van der Waals surface area (Å²) in [5.41, 5.74) is 0.500. The number of hydrogen-bond donors (Lipinski definition) is 2. The average Bonchev–Trinajstić information content (AvgIpc) is 2.62. The molecule has 1 heterocycles. The number of hydrogen-bond acceptors (Lipinski definition) is 4. The van der Waals surface area contributed by atoms with Gasteiger partial charge in [0.15, 0.2) is 0 Å². The van der Waals surface area contributed by atoms with Crippen LogP contribution in [0.3, 0.4) is 0 Å². The van der Waals surface area contributed by atoms with E-state index in [1.807, 2.05) is 0 Å². The van der Waals surface area contributed by atoms with Crippen LogP contribution in [0.25, 0.3) is 0 Å². The largest absolute Gasteiger partial charge is 0.379 e. The fourth-order valence-electron chi connectivity index (χ4n) is 2.67. The number of nitrogens with one attached hydrogen (secondary N) is 2. The van der Waals surface area contributed by atoms with Gasteiger partial charge < -0.3 is 15.4 Å². The van der Waals surface area contributed by atoms with Gasteiger partial charge in [0.2, 0.25) is 11.8 Å². The van der Waals surface area contributed by atoms with Crippen LogP contribution in [0.5, 0.6) is 0 Å². The summed E-state index contributed by atoms with van der Waals surface area (Å²) in [5, 5.41) is 5.39. The molecule has 0 spiro atoms. The van der Waals surface area contributed by atoms with E-state index in [1.165, 1.54) is 6.07 Å². The van der Waals surface area contributed by atoms with Crippen LogP contribution in [-0.4, -0.2) is 62.7 Å². The Labute approximate surface area is 147 Å². The minimum absolute atomic E-state index is 0.0659. The van der Waals surface area contributed by atoms with Crippen LogP contribution in [0.15, 0.2) is 24.3 Å². The van der Waals surface area contributed by atoms with Crippen molar-refractivity contribution in [3.05, 3.63) is 35.6 Å². The van der Waals surface area contributed by atoms with E-state index in [-0.39, 0.29) is 24.2 Å². The van der Waals surface area contributed by atoms with Gasteiger partial charge in [-0.1, -0.05) is 25.1 Å². The Bertz CT molecular complexity index is 576. The number of benzene rings is 1. The topological polar surface area (TPSA) is 70.7 Å². The zero-order valence-corrected chi connectivity index (χ0v) is 14.6. The molecule has 25 heavy (non-hydrogen) atoms. The molecule has 1 aliphatic heterocycles. The van der Waals surface area contributed by atoms with Crippen molar-refractivity contribution in [2.75, 3.05) is 45.9 Å². The van der Waals surface area contributed by atoms with Gasteiger partial charge in [-0.25, -0.2) is 4.39 Å².